The summed E-state index contributed by atoms with van der Waals surface area (Å²) in [5, 5.41) is 6.18. The highest BCUT2D eigenvalue weighted by Crippen LogP contribution is 2.08. The molecule has 1 unspecified atom stereocenters. The second-order valence-corrected chi connectivity index (χ2v) is 5.95. The van der Waals surface area contributed by atoms with E-state index in [1.807, 2.05) is 38.2 Å². The Kier molecular flexibility index (Phi) is 7.91. The minimum absolute atomic E-state index is 0.134. The Morgan fingerprint density at radius 2 is 1.91 bits per heavy atom. The molecule has 2 atom stereocenters. The number of carbonyl (C=O) groups is 2. The molecule has 122 valence electrons. The van der Waals surface area contributed by atoms with Crippen molar-refractivity contribution < 1.29 is 14.5 Å². The molecule has 0 aromatic heterocycles. The molecule has 3 N–H and O–H groups in total. The van der Waals surface area contributed by atoms with Crippen molar-refractivity contribution in [3.8, 4) is 0 Å². The van der Waals surface area contributed by atoms with Crippen LogP contribution in [-0.4, -0.2) is 38.0 Å². The summed E-state index contributed by atoms with van der Waals surface area (Å²) in [7, 11) is 1.94. The summed E-state index contributed by atoms with van der Waals surface area (Å²) in [4.78, 5) is 24.7. The highest BCUT2D eigenvalue weighted by molar-refractivity contribution is 6.30. The zero-order chi connectivity index (χ0) is 16.5. The minimum atomic E-state index is -0.512. The molecule has 2 amide bonds. The van der Waals surface area contributed by atoms with Crippen molar-refractivity contribution >= 4 is 23.4 Å². The monoisotopic (exact) mass is 326 g/mol. The predicted molar refractivity (Wildman–Crippen MR) is 87.8 cm³/mol. The summed E-state index contributed by atoms with van der Waals surface area (Å²) in [6, 6.07) is 7.06. The Hall–Kier alpha value is -1.59. The Morgan fingerprint density at radius 3 is 2.50 bits per heavy atom. The molecule has 0 spiro atoms. The van der Waals surface area contributed by atoms with Gasteiger partial charge in [-0.15, -0.1) is 0 Å². The first-order valence-corrected chi connectivity index (χ1v) is 7.93. The van der Waals surface area contributed by atoms with Gasteiger partial charge < -0.3 is 15.5 Å². The minimum Gasteiger partial charge on any atom is -0.354 e. The first-order valence-electron chi connectivity index (χ1n) is 7.55. The molecule has 1 aromatic carbocycles. The number of amides is 2. The molecule has 1 rings (SSSR count). The van der Waals surface area contributed by atoms with Gasteiger partial charge in [0.2, 0.25) is 5.91 Å². The van der Waals surface area contributed by atoms with Gasteiger partial charge in [0.1, 0.15) is 12.6 Å². The molecule has 22 heavy (non-hydrogen) atoms. The van der Waals surface area contributed by atoms with Crippen molar-refractivity contribution in [2.45, 2.75) is 32.9 Å². The van der Waals surface area contributed by atoms with Crippen LogP contribution >= 0.6 is 11.6 Å². The van der Waals surface area contributed by atoms with E-state index in [1.54, 1.807) is 6.92 Å². The lowest BCUT2D eigenvalue weighted by Crippen LogP contribution is -3.09. The fourth-order valence-corrected chi connectivity index (χ4v) is 2.17. The fraction of sp³-hybridized carbons (Fsp3) is 0.500. The molecule has 0 fully saturated rings. The molecule has 0 heterocycles. The van der Waals surface area contributed by atoms with E-state index in [4.69, 9.17) is 11.6 Å². The summed E-state index contributed by atoms with van der Waals surface area (Å²) < 4.78 is 0. The van der Waals surface area contributed by atoms with Gasteiger partial charge in [0.05, 0.1) is 7.05 Å². The van der Waals surface area contributed by atoms with E-state index < -0.39 is 6.04 Å². The average molecular weight is 327 g/mol. The summed E-state index contributed by atoms with van der Waals surface area (Å²) in [6.07, 6.45) is 0.875. The summed E-state index contributed by atoms with van der Waals surface area (Å²) in [5.74, 6) is -0.281. The number of rotatable bonds is 8. The molecule has 0 saturated heterocycles. The largest absolute Gasteiger partial charge is 0.354 e. The van der Waals surface area contributed by atoms with Crippen molar-refractivity contribution in [2.75, 3.05) is 20.1 Å². The predicted octanol–water partition coefficient (Wildman–Crippen LogP) is 0.386. The van der Waals surface area contributed by atoms with Crippen molar-refractivity contribution in [3.05, 3.63) is 34.9 Å². The summed E-state index contributed by atoms with van der Waals surface area (Å²) in [5.41, 5.74) is 1.11. The van der Waals surface area contributed by atoms with Gasteiger partial charge in [0.25, 0.3) is 5.91 Å². The van der Waals surface area contributed by atoms with Crippen LogP contribution in [0, 0.1) is 0 Å². The lowest BCUT2D eigenvalue weighted by Gasteiger charge is -2.17. The van der Waals surface area contributed by atoms with Crippen LogP contribution in [0.25, 0.3) is 0 Å². The van der Waals surface area contributed by atoms with E-state index in [-0.39, 0.29) is 11.8 Å². The standard InChI is InChI=1S/C16H24ClN3O2/c1-4-9-18-16(22)12(2)19-15(21)11-20(3)10-13-5-7-14(17)8-6-13/h5-8,12H,4,9-11H2,1-3H3,(H,18,22)(H,19,21)/p+1/t12-/m0/s1. The van der Waals surface area contributed by atoms with E-state index in [2.05, 4.69) is 10.6 Å². The molecule has 0 aliphatic heterocycles. The maximum absolute atomic E-state index is 12.0. The zero-order valence-electron chi connectivity index (χ0n) is 13.4. The molecule has 0 aliphatic rings. The highest BCUT2D eigenvalue weighted by Gasteiger charge is 2.17. The number of quaternary nitrogens is 1. The van der Waals surface area contributed by atoms with E-state index in [0.717, 1.165) is 23.4 Å². The topological polar surface area (TPSA) is 62.6 Å². The number of likely N-dealkylation sites (N-methyl/N-ethyl adjacent to an activating group) is 1. The Morgan fingerprint density at radius 1 is 1.27 bits per heavy atom. The van der Waals surface area contributed by atoms with E-state index in [9.17, 15) is 9.59 Å². The highest BCUT2D eigenvalue weighted by atomic mass is 35.5. The normalized spacial score (nSPS) is 13.3. The molecule has 6 heteroatoms. The molecule has 0 bridgehead atoms. The number of hydrogen-bond donors (Lipinski definition) is 3. The third-order valence-electron chi connectivity index (χ3n) is 3.20. The maximum Gasteiger partial charge on any atom is 0.275 e. The van der Waals surface area contributed by atoms with Crippen LogP contribution in [-0.2, 0) is 16.1 Å². The van der Waals surface area contributed by atoms with Crippen LogP contribution < -0.4 is 15.5 Å². The fourth-order valence-electron chi connectivity index (χ4n) is 2.05. The van der Waals surface area contributed by atoms with Crippen LogP contribution in [0.2, 0.25) is 5.02 Å². The molecule has 0 radical (unpaired) electrons. The Balaban J connectivity index is 2.37. The van der Waals surface area contributed by atoms with Crippen molar-refractivity contribution in [1.82, 2.24) is 10.6 Å². The Bertz CT molecular complexity index is 491. The van der Waals surface area contributed by atoms with Gasteiger partial charge in [0, 0.05) is 17.1 Å². The van der Waals surface area contributed by atoms with Gasteiger partial charge >= 0.3 is 0 Å². The maximum atomic E-state index is 12.0. The SMILES string of the molecule is CCCNC(=O)[C@H](C)NC(=O)C[NH+](C)Cc1ccc(Cl)cc1. The van der Waals surface area contributed by atoms with Crippen LogP contribution in [0.3, 0.4) is 0 Å². The number of hydrogen-bond acceptors (Lipinski definition) is 2. The van der Waals surface area contributed by atoms with E-state index in [1.165, 1.54) is 0 Å². The molecule has 0 saturated carbocycles. The zero-order valence-corrected chi connectivity index (χ0v) is 14.2. The molecule has 1 aromatic rings. The Labute approximate surface area is 137 Å². The smallest absolute Gasteiger partial charge is 0.275 e. The quantitative estimate of drug-likeness (QED) is 0.647. The van der Waals surface area contributed by atoms with E-state index >= 15 is 0 Å². The van der Waals surface area contributed by atoms with Gasteiger partial charge in [-0.2, -0.15) is 0 Å². The summed E-state index contributed by atoms with van der Waals surface area (Å²) in [6.45, 7) is 5.34. The second-order valence-electron chi connectivity index (χ2n) is 5.52. The van der Waals surface area contributed by atoms with Gasteiger partial charge in [0.15, 0.2) is 6.54 Å². The average Bonchev–Trinajstić information content (AvgIpc) is 2.46. The molecular weight excluding hydrogens is 302 g/mol. The van der Waals surface area contributed by atoms with Gasteiger partial charge in [-0.1, -0.05) is 30.7 Å². The number of carbonyl (C=O) groups excluding carboxylic acids is 2. The van der Waals surface area contributed by atoms with Crippen molar-refractivity contribution in [1.29, 1.82) is 0 Å². The van der Waals surface area contributed by atoms with Crippen LogP contribution in [0.4, 0.5) is 0 Å². The second kappa shape index (κ2) is 9.43. The molecule has 5 nitrogen and oxygen atoms in total. The van der Waals surface area contributed by atoms with Gasteiger partial charge in [-0.3, -0.25) is 9.59 Å². The van der Waals surface area contributed by atoms with Crippen LogP contribution in [0.5, 0.6) is 0 Å². The van der Waals surface area contributed by atoms with Crippen LogP contribution in [0.1, 0.15) is 25.8 Å². The lowest BCUT2D eigenvalue weighted by molar-refractivity contribution is -0.885. The first-order chi connectivity index (χ1) is 10.4. The summed E-state index contributed by atoms with van der Waals surface area (Å²) >= 11 is 5.85. The van der Waals surface area contributed by atoms with Crippen molar-refractivity contribution in [2.24, 2.45) is 0 Å². The van der Waals surface area contributed by atoms with E-state index in [0.29, 0.717) is 18.1 Å². The van der Waals surface area contributed by atoms with Gasteiger partial charge in [-0.05, 0) is 25.5 Å². The van der Waals surface area contributed by atoms with Crippen molar-refractivity contribution in [3.63, 3.8) is 0 Å². The molecule has 0 aliphatic carbocycles. The number of benzene rings is 1. The third-order valence-corrected chi connectivity index (χ3v) is 3.45. The van der Waals surface area contributed by atoms with Crippen LogP contribution in [0.15, 0.2) is 24.3 Å². The lowest BCUT2D eigenvalue weighted by atomic mass is 10.2. The number of nitrogens with one attached hydrogen (secondary N) is 3. The molecular formula is C16H25ClN3O2+. The van der Waals surface area contributed by atoms with Gasteiger partial charge in [-0.25, -0.2) is 0 Å². The first kappa shape index (κ1) is 18.5. The third kappa shape index (κ3) is 6.91. The number of halogens is 1.